The van der Waals surface area contributed by atoms with E-state index in [0.29, 0.717) is 32.2 Å². The highest BCUT2D eigenvalue weighted by Crippen LogP contribution is 2.42. The molecule has 0 radical (unpaired) electrons. The van der Waals surface area contributed by atoms with Crippen LogP contribution in [0.3, 0.4) is 0 Å². The van der Waals surface area contributed by atoms with Gasteiger partial charge in [-0.1, -0.05) is 81.4 Å². The van der Waals surface area contributed by atoms with Gasteiger partial charge in [0.2, 0.25) is 5.78 Å². The number of carbonyl (C=O) groups excluding carboxylic acids is 3. The molecule has 31 heavy (non-hydrogen) atoms. The molecule has 1 heterocycles. The molecule has 1 amide bonds. The highest BCUT2D eigenvalue weighted by atomic mass is 32.1. The van der Waals surface area contributed by atoms with E-state index in [-0.39, 0.29) is 5.92 Å². The van der Waals surface area contributed by atoms with Crippen LogP contribution in [0.5, 0.6) is 0 Å². The first-order chi connectivity index (χ1) is 14.7. The third kappa shape index (κ3) is 4.57. The van der Waals surface area contributed by atoms with Crippen molar-refractivity contribution >= 4 is 29.4 Å². The zero-order chi connectivity index (χ0) is 22.6. The summed E-state index contributed by atoms with van der Waals surface area (Å²) < 4.78 is 0. The Morgan fingerprint density at radius 1 is 1.00 bits per heavy atom. The maximum Gasteiger partial charge on any atom is 0.291 e. The fraction of sp³-hybridized carbons (Fsp3) is 0.423. The summed E-state index contributed by atoms with van der Waals surface area (Å²) in [5, 5.41) is -0.461. The number of hydrogen-bond donors (Lipinski definition) is 0. The standard InChI is InChI=1S/C26H31NO3S/c1-4-25(2,3)22(28)23(29)27-17-11-16-26(27,24(30)31)18-21(19-12-7-5-8-13-19)20-14-9-6-10-15-20/h5-10,12-15,21H,4,11,16-18H2,1-3H3,(H,30,31)/p-1. The van der Waals surface area contributed by atoms with Crippen molar-refractivity contribution in [1.29, 1.82) is 0 Å². The molecular formula is C26H30NO3S-. The Bertz CT molecular complexity index is 902. The van der Waals surface area contributed by atoms with Crippen LogP contribution in [-0.2, 0) is 27.0 Å². The number of nitrogens with zero attached hydrogens (tertiary/aromatic N) is 1. The van der Waals surface area contributed by atoms with Gasteiger partial charge in [0.15, 0.2) is 0 Å². The van der Waals surface area contributed by atoms with Crippen LogP contribution < -0.4 is 0 Å². The second-order valence-electron chi connectivity index (χ2n) is 9.02. The van der Waals surface area contributed by atoms with Gasteiger partial charge in [-0.25, -0.2) is 0 Å². The van der Waals surface area contributed by atoms with E-state index in [4.69, 9.17) is 12.6 Å². The van der Waals surface area contributed by atoms with Gasteiger partial charge in [0.25, 0.3) is 5.91 Å². The van der Waals surface area contributed by atoms with Crippen molar-refractivity contribution < 1.29 is 14.4 Å². The Hall–Kier alpha value is -2.53. The van der Waals surface area contributed by atoms with Crippen molar-refractivity contribution in [3.63, 3.8) is 0 Å². The Kier molecular flexibility index (Phi) is 6.95. The first kappa shape index (κ1) is 23.1. The van der Waals surface area contributed by atoms with Gasteiger partial charge in [0.05, 0.1) is 5.54 Å². The minimum Gasteiger partial charge on any atom is -0.740 e. The van der Waals surface area contributed by atoms with Gasteiger partial charge in [-0.15, -0.1) is 0 Å². The maximum atomic E-state index is 13.3. The minimum atomic E-state index is -1.15. The zero-order valence-corrected chi connectivity index (χ0v) is 19.3. The predicted molar refractivity (Wildman–Crippen MR) is 124 cm³/mol. The number of rotatable bonds is 8. The van der Waals surface area contributed by atoms with Crippen LogP contribution in [0.4, 0.5) is 0 Å². The number of Topliss-reactive ketones (excluding diaryl/α,β-unsaturated/α-hetero) is 1. The lowest BCUT2D eigenvalue weighted by Gasteiger charge is -2.43. The molecule has 4 nitrogen and oxygen atoms in total. The molecule has 1 saturated heterocycles. The fourth-order valence-corrected chi connectivity index (χ4v) is 4.69. The number of likely N-dealkylation sites (tertiary alicyclic amines) is 1. The Morgan fingerprint density at radius 2 is 1.52 bits per heavy atom. The summed E-state index contributed by atoms with van der Waals surface area (Å²) in [5.74, 6) is -1.15. The molecule has 1 aliphatic rings. The molecule has 0 aliphatic carbocycles. The number of hydrogen-bond acceptors (Lipinski definition) is 4. The van der Waals surface area contributed by atoms with Gasteiger partial charge in [-0.3, -0.25) is 9.59 Å². The molecule has 0 bridgehead atoms. The Balaban J connectivity index is 2.03. The predicted octanol–water partition coefficient (Wildman–Crippen LogP) is 4.65. The van der Waals surface area contributed by atoms with Crippen LogP contribution in [0, 0.1) is 5.41 Å². The van der Waals surface area contributed by atoms with E-state index in [0.717, 1.165) is 11.1 Å². The second-order valence-corrected chi connectivity index (χ2v) is 9.39. The Labute approximate surface area is 190 Å². The molecule has 5 heteroatoms. The van der Waals surface area contributed by atoms with Gasteiger partial charge in [0.1, 0.15) is 0 Å². The summed E-state index contributed by atoms with van der Waals surface area (Å²) >= 11 is 5.23. The molecule has 1 fully saturated rings. The third-order valence-corrected chi connectivity index (χ3v) is 7.13. The topological polar surface area (TPSA) is 54.5 Å². The van der Waals surface area contributed by atoms with E-state index in [9.17, 15) is 14.4 Å². The van der Waals surface area contributed by atoms with Crippen LogP contribution in [0.25, 0.3) is 0 Å². The summed E-state index contributed by atoms with van der Waals surface area (Å²) in [6, 6.07) is 19.9. The first-order valence-corrected chi connectivity index (χ1v) is 11.3. The second kappa shape index (κ2) is 9.31. The SMILES string of the molecule is CCC(C)(C)C(=O)C(=O)N1CCCC1(CC(c1ccccc1)c1ccccc1)C(=O)[S-]. The van der Waals surface area contributed by atoms with E-state index in [2.05, 4.69) is 0 Å². The highest BCUT2D eigenvalue weighted by Gasteiger charge is 2.49. The van der Waals surface area contributed by atoms with Crippen molar-refractivity contribution in [2.24, 2.45) is 5.41 Å². The molecule has 0 aromatic heterocycles. The van der Waals surface area contributed by atoms with E-state index in [1.165, 1.54) is 4.90 Å². The first-order valence-electron chi connectivity index (χ1n) is 10.9. The molecule has 0 saturated carbocycles. The minimum absolute atomic E-state index is 0.114. The van der Waals surface area contributed by atoms with Crippen molar-refractivity contribution in [3.05, 3.63) is 71.8 Å². The molecule has 1 atom stereocenters. The molecule has 1 aliphatic heterocycles. The van der Waals surface area contributed by atoms with Crippen molar-refractivity contribution in [3.8, 4) is 0 Å². The Morgan fingerprint density at radius 3 is 1.97 bits per heavy atom. The van der Waals surface area contributed by atoms with Gasteiger partial charge in [0, 0.05) is 23.0 Å². The molecule has 2 aromatic rings. The number of benzene rings is 2. The van der Waals surface area contributed by atoms with Gasteiger partial charge >= 0.3 is 0 Å². The lowest BCUT2D eigenvalue weighted by atomic mass is 9.78. The molecule has 3 rings (SSSR count). The van der Waals surface area contributed by atoms with Crippen LogP contribution in [0.1, 0.15) is 63.5 Å². The highest BCUT2D eigenvalue weighted by molar-refractivity contribution is 7.77. The van der Waals surface area contributed by atoms with Crippen LogP contribution in [0.15, 0.2) is 60.7 Å². The number of amides is 1. The quantitative estimate of drug-likeness (QED) is 0.447. The monoisotopic (exact) mass is 436 g/mol. The van der Waals surface area contributed by atoms with E-state index < -0.39 is 27.8 Å². The molecular weight excluding hydrogens is 406 g/mol. The lowest BCUT2D eigenvalue weighted by molar-refractivity contribution is -0.153. The van der Waals surface area contributed by atoms with Crippen molar-refractivity contribution in [2.75, 3.05) is 6.54 Å². The van der Waals surface area contributed by atoms with Crippen molar-refractivity contribution in [1.82, 2.24) is 4.90 Å². The van der Waals surface area contributed by atoms with E-state index in [1.807, 2.05) is 67.6 Å². The van der Waals surface area contributed by atoms with E-state index >= 15 is 0 Å². The summed E-state index contributed by atoms with van der Waals surface area (Å²) in [6.07, 6.45) is 2.06. The largest absolute Gasteiger partial charge is 0.740 e. The number of carbonyl (C=O) groups is 3. The van der Waals surface area contributed by atoms with Crippen LogP contribution in [-0.4, -0.2) is 33.8 Å². The summed E-state index contributed by atoms with van der Waals surface area (Å²) in [7, 11) is 0. The van der Waals surface area contributed by atoms with Gasteiger partial charge in [-0.05, 0) is 36.8 Å². The van der Waals surface area contributed by atoms with Gasteiger partial charge in [-0.2, -0.15) is 0 Å². The number of ketones is 1. The van der Waals surface area contributed by atoms with Crippen molar-refractivity contribution in [2.45, 2.75) is 57.9 Å². The zero-order valence-electron chi connectivity index (χ0n) is 18.5. The molecule has 164 valence electrons. The average Bonchev–Trinajstić information content (AvgIpc) is 3.22. The summed E-state index contributed by atoms with van der Waals surface area (Å²) in [6.45, 7) is 5.82. The molecule has 0 N–H and O–H groups in total. The van der Waals surface area contributed by atoms with E-state index in [1.54, 1.807) is 13.8 Å². The smallest absolute Gasteiger partial charge is 0.291 e. The maximum absolute atomic E-state index is 13.3. The van der Waals surface area contributed by atoms with Crippen LogP contribution in [0.2, 0.25) is 0 Å². The fourth-order valence-electron chi connectivity index (χ4n) is 4.39. The normalized spacial score (nSPS) is 18.9. The molecule has 0 spiro atoms. The van der Waals surface area contributed by atoms with Gasteiger partial charge < -0.3 is 22.3 Å². The lowest BCUT2D eigenvalue weighted by Crippen LogP contribution is -2.56. The third-order valence-electron chi connectivity index (χ3n) is 6.75. The summed E-state index contributed by atoms with van der Waals surface area (Å²) in [5.41, 5.74) is 0.198. The summed E-state index contributed by atoms with van der Waals surface area (Å²) in [4.78, 5) is 40.7. The van der Waals surface area contributed by atoms with Crippen LogP contribution >= 0.6 is 0 Å². The average molecular weight is 437 g/mol. The molecule has 2 aromatic carbocycles. The molecule has 1 unspecified atom stereocenters.